The van der Waals surface area contributed by atoms with E-state index in [2.05, 4.69) is 17.0 Å². The Labute approximate surface area is 134 Å². The number of ether oxygens (including phenoxy) is 2. The average Bonchev–Trinajstić information content (AvgIpc) is 2.55. The predicted octanol–water partition coefficient (Wildman–Crippen LogP) is 3.64. The second-order valence-electron chi connectivity index (χ2n) is 5.05. The molecule has 0 saturated heterocycles. The quantitative estimate of drug-likeness (QED) is 0.809. The highest BCUT2D eigenvalue weighted by atomic mass is 32.2. The molecule has 114 valence electrons. The number of carbonyl (C=O) groups is 1. The van der Waals surface area contributed by atoms with E-state index in [-0.39, 0.29) is 12.4 Å². The third kappa shape index (κ3) is 2.64. The predicted molar refractivity (Wildman–Crippen MR) is 87.3 cm³/mol. The van der Waals surface area contributed by atoms with Crippen LogP contribution in [-0.4, -0.2) is 27.2 Å². The van der Waals surface area contributed by atoms with Crippen molar-refractivity contribution in [3.8, 4) is 5.75 Å². The second-order valence-corrected chi connectivity index (χ2v) is 6.13. The van der Waals surface area contributed by atoms with Crippen LogP contribution in [0.25, 0.3) is 0 Å². The maximum atomic E-state index is 11.4. The van der Waals surface area contributed by atoms with Crippen LogP contribution in [0.1, 0.15) is 5.56 Å². The van der Waals surface area contributed by atoms with Crippen molar-refractivity contribution in [3.63, 3.8) is 0 Å². The lowest BCUT2D eigenvalue weighted by Gasteiger charge is -2.30. The number of carbonyl (C=O) groups excluding carboxylic acids is 1. The Bertz CT molecular complexity index is 730. The van der Waals surface area contributed by atoms with Gasteiger partial charge in [-0.15, -0.1) is 0 Å². The Morgan fingerprint density at radius 2 is 1.91 bits per heavy atom. The summed E-state index contributed by atoms with van der Waals surface area (Å²) >= 11 is 1.71. The molecule has 2 aromatic carbocycles. The first-order valence-electron chi connectivity index (χ1n) is 6.91. The number of fused-ring (bicyclic) bond motifs is 2. The maximum absolute atomic E-state index is 11.4. The van der Waals surface area contributed by atoms with Crippen LogP contribution in [0, 0.1) is 0 Å². The number of hydrogen-bond acceptors (Lipinski definition) is 5. The molecule has 3 rings (SSSR count). The van der Waals surface area contributed by atoms with Crippen molar-refractivity contribution in [1.82, 2.24) is 0 Å². The zero-order chi connectivity index (χ0) is 15.7. The fourth-order valence-electron chi connectivity index (χ4n) is 2.49. The van der Waals surface area contributed by atoms with Gasteiger partial charge in [-0.05, 0) is 35.9 Å². The number of esters is 1. The van der Waals surface area contributed by atoms with Gasteiger partial charge in [0.05, 0.1) is 32.0 Å². The zero-order valence-electron chi connectivity index (χ0n) is 12.8. The van der Waals surface area contributed by atoms with Crippen LogP contribution in [0.15, 0.2) is 46.2 Å². The van der Waals surface area contributed by atoms with Gasteiger partial charge in [-0.1, -0.05) is 17.8 Å². The summed E-state index contributed by atoms with van der Waals surface area (Å²) in [4.78, 5) is 15.9. The highest BCUT2D eigenvalue weighted by Crippen LogP contribution is 2.48. The van der Waals surface area contributed by atoms with Crippen molar-refractivity contribution >= 4 is 29.1 Å². The van der Waals surface area contributed by atoms with Crippen LogP contribution in [-0.2, 0) is 16.0 Å². The number of anilines is 2. The summed E-state index contributed by atoms with van der Waals surface area (Å²) in [6, 6.07) is 12.1. The van der Waals surface area contributed by atoms with E-state index >= 15 is 0 Å². The summed E-state index contributed by atoms with van der Waals surface area (Å²) in [5.41, 5.74) is 3.19. The highest BCUT2D eigenvalue weighted by molar-refractivity contribution is 7.99. The van der Waals surface area contributed by atoms with E-state index in [0.29, 0.717) is 0 Å². The first-order chi connectivity index (χ1) is 10.6. The second kappa shape index (κ2) is 5.93. The van der Waals surface area contributed by atoms with Gasteiger partial charge >= 0.3 is 5.97 Å². The summed E-state index contributed by atoms with van der Waals surface area (Å²) in [7, 11) is 5.12. The van der Waals surface area contributed by atoms with Gasteiger partial charge in [-0.2, -0.15) is 0 Å². The molecule has 0 atom stereocenters. The maximum Gasteiger partial charge on any atom is 0.309 e. The molecule has 0 aromatic heterocycles. The number of nitrogens with zero attached hydrogens (tertiary/aromatic N) is 1. The minimum atomic E-state index is -0.226. The van der Waals surface area contributed by atoms with Crippen LogP contribution >= 0.6 is 11.8 Å². The van der Waals surface area contributed by atoms with Gasteiger partial charge in [0.2, 0.25) is 0 Å². The molecule has 0 N–H and O–H groups in total. The van der Waals surface area contributed by atoms with Crippen LogP contribution < -0.4 is 9.64 Å². The Morgan fingerprint density at radius 1 is 1.09 bits per heavy atom. The molecule has 5 heteroatoms. The van der Waals surface area contributed by atoms with E-state index in [4.69, 9.17) is 9.47 Å². The standard InChI is InChI=1S/C17H17NO3S/c1-18-13-6-5-12(20-2)10-16(13)22-15-7-4-11(8-14(15)18)9-17(19)21-3/h4-8,10H,9H2,1-3H3. The number of methoxy groups -OCH3 is 2. The van der Waals surface area contributed by atoms with E-state index in [1.165, 1.54) is 7.11 Å². The normalized spacial score (nSPS) is 12.4. The zero-order valence-corrected chi connectivity index (χ0v) is 13.6. The van der Waals surface area contributed by atoms with Gasteiger partial charge in [0.15, 0.2) is 0 Å². The minimum absolute atomic E-state index is 0.226. The molecule has 0 aliphatic carbocycles. The SMILES string of the molecule is COC(=O)Cc1ccc2c(c1)N(C)c1ccc(OC)cc1S2. The Kier molecular flexibility index (Phi) is 3.98. The summed E-state index contributed by atoms with van der Waals surface area (Å²) in [6.45, 7) is 0. The van der Waals surface area contributed by atoms with Gasteiger partial charge in [0.1, 0.15) is 5.75 Å². The summed E-state index contributed by atoms with van der Waals surface area (Å²) in [5, 5.41) is 0. The molecular weight excluding hydrogens is 298 g/mol. The van der Waals surface area contributed by atoms with Gasteiger partial charge in [0, 0.05) is 16.8 Å². The lowest BCUT2D eigenvalue weighted by molar-refractivity contribution is -0.139. The van der Waals surface area contributed by atoms with Crippen molar-refractivity contribution in [2.45, 2.75) is 16.2 Å². The third-order valence-electron chi connectivity index (χ3n) is 3.71. The van der Waals surface area contributed by atoms with Crippen molar-refractivity contribution in [1.29, 1.82) is 0 Å². The van der Waals surface area contributed by atoms with E-state index in [9.17, 15) is 4.79 Å². The van der Waals surface area contributed by atoms with Crippen molar-refractivity contribution in [3.05, 3.63) is 42.0 Å². The summed E-state index contributed by atoms with van der Waals surface area (Å²) < 4.78 is 10.0. The van der Waals surface area contributed by atoms with Crippen LogP contribution in [0.2, 0.25) is 0 Å². The molecular formula is C17H17NO3S. The Morgan fingerprint density at radius 3 is 2.64 bits per heavy atom. The lowest BCUT2D eigenvalue weighted by Crippen LogP contribution is -2.15. The highest BCUT2D eigenvalue weighted by Gasteiger charge is 2.21. The molecule has 0 unspecified atom stereocenters. The topological polar surface area (TPSA) is 38.8 Å². The molecule has 4 nitrogen and oxygen atoms in total. The molecule has 0 amide bonds. The number of rotatable bonds is 3. The van der Waals surface area contributed by atoms with Crippen LogP contribution in [0.4, 0.5) is 11.4 Å². The van der Waals surface area contributed by atoms with E-state index in [1.807, 2.05) is 31.3 Å². The molecule has 0 saturated carbocycles. The van der Waals surface area contributed by atoms with Crippen LogP contribution in [0.5, 0.6) is 5.75 Å². The molecule has 1 aliphatic heterocycles. The molecule has 0 spiro atoms. The van der Waals surface area contributed by atoms with Gasteiger partial charge in [0.25, 0.3) is 0 Å². The monoisotopic (exact) mass is 315 g/mol. The van der Waals surface area contributed by atoms with Gasteiger partial charge in [-0.3, -0.25) is 4.79 Å². The van der Waals surface area contributed by atoms with Gasteiger partial charge in [-0.25, -0.2) is 0 Å². The third-order valence-corrected chi connectivity index (χ3v) is 4.82. The van der Waals surface area contributed by atoms with Crippen molar-refractivity contribution in [2.75, 3.05) is 26.2 Å². The summed E-state index contributed by atoms with van der Waals surface area (Å²) in [6.07, 6.45) is 0.289. The molecule has 1 heterocycles. The fourth-order valence-corrected chi connectivity index (χ4v) is 3.65. The lowest BCUT2D eigenvalue weighted by atomic mass is 10.1. The van der Waals surface area contributed by atoms with E-state index in [1.54, 1.807) is 18.9 Å². The van der Waals surface area contributed by atoms with E-state index < -0.39 is 0 Å². The number of hydrogen-bond donors (Lipinski definition) is 0. The van der Waals surface area contributed by atoms with Crippen molar-refractivity contribution in [2.24, 2.45) is 0 Å². The molecule has 0 bridgehead atoms. The Hall–Kier alpha value is -2.14. The Balaban J connectivity index is 1.96. The van der Waals surface area contributed by atoms with Crippen molar-refractivity contribution < 1.29 is 14.3 Å². The largest absolute Gasteiger partial charge is 0.497 e. The number of benzene rings is 2. The molecule has 1 aliphatic rings. The minimum Gasteiger partial charge on any atom is -0.497 e. The van der Waals surface area contributed by atoms with E-state index in [0.717, 1.165) is 32.5 Å². The molecule has 22 heavy (non-hydrogen) atoms. The smallest absolute Gasteiger partial charge is 0.309 e. The summed E-state index contributed by atoms with van der Waals surface area (Å²) in [5.74, 6) is 0.626. The van der Waals surface area contributed by atoms with Gasteiger partial charge < -0.3 is 14.4 Å². The molecule has 0 radical (unpaired) electrons. The van der Waals surface area contributed by atoms with Crippen LogP contribution in [0.3, 0.4) is 0 Å². The molecule has 2 aromatic rings. The fraction of sp³-hybridized carbons (Fsp3) is 0.235. The first-order valence-corrected chi connectivity index (χ1v) is 7.73. The average molecular weight is 315 g/mol. The molecule has 0 fully saturated rings. The first kappa shape index (κ1) is 14.8.